The highest BCUT2D eigenvalue weighted by Gasteiger charge is 2.13. The molecule has 3 heteroatoms. The lowest BCUT2D eigenvalue weighted by Crippen LogP contribution is -2.08. The van der Waals surface area contributed by atoms with E-state index in [9.17, 15) is 4.57 Å². The Morgan fingerprint density at radius 3 is 2.67 bits per heavy atom. The summed E-state index contributed by atoms with van der Waals surface area (Å²) in [5.41, 5.74) is 0. The maximum Gasteiger partial charge on any atom is 0.191 e. The molecular weight excluding hydrogens is 207 g/mol. The zero-order valence-electron chi connectivity index (χ0n) is 9.96. The third kappa shape index (κ3) is 6.37. The van der Waals surface area contributed by atoms with Crippen LogP contribution in [-0.4, -0.2) is 12.8 Å². The van der Waals surface area contributed by atoms with Gasteiger partial charge in [-0.3, -0.25) is 4.57 Å². The van der Waals surface area contributed by atoms with Gasteiger partial charge in [0.1, 0.15) is 0 Å². The first kappa shape index (κ1) is 13.3. The lowest BCUT2D eigenvalue weighted by molar-refractivity contribution is 0.254. The van der Waals surface area contributed by atoms with Crippen LogP contribution >= 0.6 is 8.03 Å². The highest BCUT2D eigenvalue weighted by Crippen LogP contribution is 2.29. The summed E-state index contributed by atoms with van der Waals surface area (Å²) in [6, 6.07) is 0. The summed E-state index contributed by atoms with van der Waals surface area (Å²) >= 11 is 0. The summed E-state index contributed by atoms with van der Waals surface area (Å²) in [5, 5.41) is 0. The highest BCUT2D eigenvalue weighted by molar-refractivity contribution is 7.39. The molecule has 1 atom stereocenters. The zero-order valence-corrected chi connectivity index (χ0v) is 11.0. The Balaban J connectivity index is 1.97. The normalized spacial score (nSPS) is 20.3. The second kappa shape index (κ2) is 8.35. The lowest BCUT2D eigenvalue weighted by atomic mass is 9.87. The van der Waals surface area contributed by atoms with E-state index in [2.05, 4.69) is 6.92 Å². The van der Waals surface area contributed by atoms with Gasteiger partial charge in [0.15, 0.2) is 8.03 Å². The average Bonchev–Trinajstić information content (AvgIpc) is 2.28. The largest absolute Gasteiger partial charge is 0.330 e. The van der Waals surface area contributed by atoms with Crippen LogP contribution < -0.4 is 0 Å². The van der Waals surface area contributed by atoms with Crippen LogP contribution in [0.25, 0.3) is 0 Å². The van der Waals surface area contributed by atoms with E-state index in [4.69, 9.17) is 4.52 Å². The Morgan fingerprint density at radius 1 is 1.27 bits per heavy atom. The summed E-state index contributed by atoms with van der Waals surface area (Å²) in [6.45, 7) is 2.85. The van der Waals surface area contributed by atoms with Gasteiger partial charge >= 0.3 is 0 Å². The quantitative estimate of drug-likeness (QED) is 0.613. The minimum absolute atomic E-state index is 0.728. The Bertz CT molecular complexity index is 176. The van der Waals surface area contributed by atoms with Gasteiger partial charge in [-0.25, -0.2) is 0 Å². The number of rotatable bonds is 7. The van der Waals surface area contributed by atoms with Gasteiger partial charge in [0.25, 0.3) is 0 Å². The number of unbranched alkanes of at least 4 members (excludes halogenated alkanes) is 1. The summed E-state index contributed by atoms with van der Waals surface area (Å²) in [7, 11) is -1.70. The van der Waals surface area contributed by atoms with Crippen LogP contribution in [0.15, 0.2) is 0 Å². The van der Waals surface area contributed by atoms with Crippen molar-refractivity contribution >= 4 is 8.03 Å². The lowest BCUT2D eigenvalue weighted by Gasteiger charge is -2.21. The molecule has 0 amide bonds. The van der Waals surface area contributed by atoms with Crippen molar-refractivity contribution in [2.75, 3.05) is 12.8 Å². The van der Waals surface area contributed by atoms with Crippen molar-refractivity contribution in [1.29, 1.82) is 0 Å². The van der Waals surface area contributed by atoms with Crippen molar-refractivity contribution in [2.24, 2.45) is 5.92 Å². The number of hydrogen-bond donors (Lipinski definition) is 0. The van der Waals surface area contributed by atoms with E-state index in [0.717, 1.165) is 37.9 Å². The molecule has 0 bridgehead atoms. The second-order valence-electron chi connectivity index (χ2n) is 4.62. The van der Waals surface area contributed by atoms with Crippen LogP contribution in [0.4, 0.5) is 0 Å². The van der Waals surface area contributed by atoms with Gasteiger partial charge in [0.05, 0.1) is 6.61 Å². The van der Waals surface area contributed by atoms with Crippen LogP contribution in [0.5, 0.6) is 0 Å². The molecular formula is C12H25O2P. The van der Waals surface area contributed by atoms with Gasteiger partial charge in [0.2, 0.25) is 0 Å². The van der Waals surface area contributed by atoms with Gasteiger partial charge in [-0.05, 0) is 18.8 Å². The Morgan fingerprint density at radius 2 is 2.00 bits per heavy atom. The molecule has 1 unspecified atom stereocenters. The molecule has 0 heterocycles. The van der Waals surface area contributed by atoms with Crippen molar-refractivity contribution in [3.8, 4) is 0 Å². The molecule has 1 aliphatic rings. The Labute approximate surface area is 94.7 Å². The van der Waals surface area contributed by atoms with E-state index in [1.807, 2.05) is 0 Å². The maximum atomic E-state index is 11.4. The molecule has 0 radical (unpaired) electrons. The van der Waals surface area contributed by atoms with Crippen LogP contribution in [-0.2, 0) is 9.09 Å². The molecule has 15 heavy (non-hydrogen) atoms. The van der Waals surface area contributed by atoms with Crippen LogP contribution in [0.2, 0.25) is 0 Å². The van der Waals surface area contributed by atoms with Gasteiger partial charge in [-0.1, -0.05) is 45.4 Å². The summed E-state index contributed by atoms with van der Waals surface area (Å²) < 4.78 is 16.8. The molecule has 0 aromatic carbocycles. The SMILES string of the molecule is CCCC[PH](=O)OCCC1CCCCC1. The molecule has 0 spiro atoms. The maximum absolute atomic E-state index is 11.4. The van der Waals surface area contributed by atoms with Crippen LogP contribution in [0.3, 0.4) is 0 Å². The Hall–Kier alpha value is 0.190. The van der Waals surface area contributed by atoms with Gasteiger partial charge in [-0.2, -0.15) is 0 Å². The number of hydrogen-bond acceptors (Lipinski definition) is 2. The first-order chi connectivity index (χ1) is 7.33. The summed E-state index contributed by atoms with van der Waals surface area (Å²) in [5.74, 6) is 0.847. The first-order valence-corrected chi connectivity index (χ1v) is 8.01. The smallest absolute Gasteiger partial charge is 0.191 e. The van der Waals surface area contributed by atoms with Gasteiger partial charge in [0, 0.05) is 6.16 Å². The highest BCUT2D eigenvalue weighted by atomic mass is 31.1. The predicted octanol–water partition coefficient (Wildman–Crippen LogP) is 4.25. The van der Waals surface area contributed by atoms with Crippen LogP contribution in [0, 0.1) is 5.92 Å². The van der Waals surface area contributed by atoms with E-state index >= 15 is 0 Å². The third-order valence-corrected chi connectivity index (χ3v) is 4.54. The van der Waals surface area contributed by atoms with E-state index in [-0.39, 0.29) is 0 Å². The van der Waals surface area contributed by atoms with Crippen LogP contribution in [0.1, 0.15) is 58.3 Å². The predicted molar refractivity (Wildman–Crippen MR) is 65.9 cm³/mol. The van der Waals surface area contributed by atoms with Crippen molar-refractivity contribution in [1.82, 2.24) is 0 Å². The monoisotopic (exact) mass is 232 g/mol. The first-order valence-electron chi connectivity index (χ1n) is 6.48. The molecule has 90 valence electrons. The zero-order chi connectivity index (χ0) is 10.9. The van der Waals surface area contributed by atoms with Gasteiger partial charge < -0.3 is 4.52 Å². The third-order valence-electron chi connectivity index (χ3n) is 3.25. The molecule has 2 nitrogen and oxygen atoms in total. The van der Waals surface area contributed by atoms with Gasteiger partial charge in [-0.15, -0.1) is 0 Å². The summed E-state index contributed by atoms with van der Waals surface area (Å²) in [6.07, 6.45) is 11.0. The molecule has 1 rings (SSSR count). The van der Waals surface area contributed by atoms with E-state index in [1.165, 1.54) is 32.1 Å². The molecule has 0 N–H and O–H groups in total. The minimum atomic E-state index is -1.70. The topological polar surface area (TPSA) is 26.3 Å². The average molecular weight is 232 g/mol. The fourth-order valence-electron chi connectivity index (χ4n) is 2.21. The molecule has 0 aromatic heterocycles. The molecule has 1 fully saturated rings. The standard InChI is InChI=1S/C12H25O2P/c1-2-3-11-15(13)14-10-9-12-7-5-4-6-8-12/h12,15H,2-11H2,1H3. The van der Waals surface area contributed by atoms with Crippen molar-refractivity contribution < 1.29 is 9.09 Å². The summed E-state index contributed by atoms with van der Waals surface area (Å²) in [4.78, 5) is 0. The fraction of sp³-hybridized carbons (Fsp3) is 1.00. The van der Waals surface area contributed by atoms with Crippen molar-refractivity contribution in [3.63, 3.8) is 0 Å². The molecule has 1 aliphatic carbocycles. The fourth-order valence-corrected chi connectivity index (χ4v) is 3.34. The molecule has 0 aliphatic heterocycles. The molecule has 1 saturated carbocycles. The Kier molecular flexibility index (Phi) is 7.38. The van der Waals surface area contributed by atoms with E-state index in [1.54, 1.807) is 0 Å². The van der Waals surface area contributed by atoms with Crippen molar-refractivity contribution in [3.05, 3.63) is 0 Å². The van der Waals surface area contributed by atoms with Crippen molar-refractivity contribution in [2.45, 2.75) is 58.3 Å². The molecule has 0 saturated heterocycles. The second-order valence-corrected chi connectivity index (χ2v) is 6.15. The molecule has 0 aromatic rings. The van der Waals surface area contributed by atoms with E-state index in [0.29, 0.717) is 0 Å². The minimum Gasteiger partial charge on any atom is -0.330 e. The van der Waals surface area contributed by atoms with E-state index < -0.39 is 8.03 Å².